The quantitative estimate of drug-likeness (QED) is 0.510. The molecule has 2 aliphatic rings. The van der Waals surface area contributed by atoms with Gasteiger partial charge < -0.3 is 10.2 Å². The smallest absolute Gasteiger partial charge is 0.298 e. The van der Waals surface area contributed by atoms with Gasteiger partial charge in [0.05, 0.1) is 6.20 Å². The first-order valence-electron chi connectivity index (χ1n) is 11.9. The fourth-order valence-corrected chi connectivity index (χ4v) is 5.19. The zero-order chi connectivity index (χ0) is 22.4. The van der Waals surface area contributed by atoms with Crippen molar-refractivity contribution in [2.45, 2.75) is 51.5 Å². The first-order chi connectivity index (χ1) is 16.2. The van der Waals surface area contributed by atoms with Gasteiger partial charge in [0.2, 0.25) is 11.6 Å². The van der Waals surface area contributed by atoms with Crippen LogP contribution >= 0.6 is 0 Å². The maximum absolute atomic E-state index is 13.2. The first-order valence-corrected chi connectivity index (χ1v) is 11.9. The average molecular weight is 445 g/mol. The number of benzene rings is 1. The number of nitrogens with one attached hydrogen (secondary N) is 1. The second-order valence-electron chi connectivity index (χ2n) is 9.38. The largest absolute Gasteiger partial charge is 0.372 e. The molecule has 4 aromatic rings. The van der Waals surface area contributed by atoms with Crippen LogP contribution in [0.25, 0.3) is 16.8 Å². The van der Waals surface area contributed by atoms with Crippen molar-refractivity contribution >= 4 is 34.1 Å². The number of anilines is 3. The fourth-order valence-electron chi connectivity index (χ4n) is 5.19. The third-order valence-corrected chi connectivity index (χ3v) is 7.16. The lowest BCUT2D eigenvalue weighted by Crippen LogP contribution is -2.32. The predicted molar refractivity (Wildman–Crippen MR) is 128 cm³/mol. The van der Waals surface area contributed by atoms with Gasteiger partial charge in [-0.05, 0) is 55.9 Å². The van der Waals surface area contributed by atoms with Crippen LogP contribution in [0.1, 0.15) is 51.5 Å². The Morgan fingerprint density at radius 3 is 2.52 bits per heavy atom. The van der Waals surface area contributed by atoms with Gasteiger partial charge in [0.25, 0.3) is 5.56 Å². The summed E-state index contributed by atoms with van der Waals surface area (Å²) in [6, 6.07) is 8.56. The third-order valence-electron chi connectivity index (χ3n) is 7.16. The molecule has 0 bridgehead atoms. The van der Waals surface area contributed by atoms with Crippen LogP contribution in [-0.2, 0) is 0 Å². The van der Waals surface area contributed by atoms with Gasteiger partial charge in [-0.3, -0.25) is 13.8 Å². The number of hydrogen-bond donors (Lipinski definition) is 1. The zero-order valence-corrected chi connectivity index (χ0v) is 18.8. The van der Waals surface area contributed by atoms with Gasteiger partial charge in [-0.25, -0.2) is 4.98 Å². The Balaban J connectivity index is 1.33. The molecule has 1 N–H and O–H groups in total. The Kier molecular flexibility index (Phi) is 4.96. The van der Waals surface area contributed by atoms with E-state index in [1.165, 1.54) is 18.5 Å². The third kappa shape index (κ3) is 3.61. The van der Waals surface area contributed by atoms with Crippen molar-refractivity contribution in [3.05, 3.63) is 47.1 Å². The van der Waals surface area contributed by atoms with Crippen LogP contribution < -0.4 is 15.8 Å². The van der Waals surface area contributed by atoms with Crippen molar-refractivity contribution in [1.29, 1.82) is 0 Å². The molecule has 9 nitrogen and oxygen atoms in total. The molecule has 0 unspecified atom stereocenters. The molecule has 1 saturated heterocycles. The average Bonchev–Trinajstić information content (AvgIpc) is 3.53. The molecule has 0 atom stereocenters. The Hall–Kier alpha value is -3.49. The van der Waals surface area contributed by atoms with E-state index in [0.717, 1.165) is 55.9 Å². The van der Waals surface area contributed by atoms with E-state index >= 15 is 0 Å². The van der Waals surface area contributed by atoms with E-state index in [0.29, 0.717) is 17.2 Å². The predicted octanol–water partition coefficient (Wildman–Crippen LogP) is 3.93. The Morgan fingerprint density at radius 2 is 1.76 bits per heavy atom. The zero-order valence-electron chi connectivity index (χ0n) is 18.8. The summed E-state index contributed by atoms with van der Waals surface area (Å²) in [6.07, 6.45) is 9.97. The van der Waals surface area contributed by atoms with E-state index in [9.17, 15) is 4.79 Å². The fraction of sp³-hybridized carbons (Fsp3) is 0.458. The summed E-state index contributed by atoms with van der Waals surface area (Å²) in [5, 5.41) is 11.3. The van der Waals surface area contributed by atoms with E-state index in [4.69, 9.17) is 4.98 Å². The Morgan fingerprint density at radius 1 is 1.00 bits per heavy atom. The van der Waals surface area contributed by atoms with Crippen molar-refractivity contribution in [2.24, 2.45) is 5.92 Å². The van der Waals surface area contributed by atoms with E-state index < -0.39 is 0 Å². The molecular formula is C24H28N8O. The standard InChI is InChI=1S/C24H28N8O/c1-16-10-12-30(13-11-16)18-8-6-17(7-9-18)27-24-25-14-20-21(28-24)32(19-4-2-3-5-19)23(33)22-29-26-15-31(20)22/h6-9,14-16,19H,2-5,10-13H2,1H3,(H,25,27,28). The van der Waals surface area contributed by atoms with E-state index in [-0.39, 0.29) is 11.6 Å². The highest BCUT2D eigenvalue weighted by atomic mass is 16.1. The lowest BCUT2D eigenvalue weighted by atomic mass is 9.99. The Labute approximate surface area is 191 Å². The molecule has 4 heterocycles. The summed E-state index contributed by atoms with van der Waals surface area (Å²) in [4.78, 5) is 25.0. The summed E-state index contributed by atoms with van der Waals surface area (Å²) in [7, 11) is 0. The topological polar surface area (TPSA) is 93.2 Å². The highest BCUT2D eigenvalue weighted by Gasteiger charge is 2.24. The molecule has 2 fully saturated rings. The van der Waals surface area contributed by atoms with Crippen molar-refractivity contribution in [3.63, 3.8) is 0 Å². The monoisotopic (exact) mass is 444 g/mol. The minimum absolute atomic E-state index is 0.135. The van der Waals surface area contributed by atoms with Crippen LogP contribution in [0.2, 0.25) is 0 Å². The second-order valence-corrected chi connectivity index (χ2v) is 9.38. The van der Waals surface area contributed by atoms with Crippen LogP contribution in [0.5, 0.6) is 0 Å². The highest BCUT2D eigenvalue weighted by molar-refractivity contribution is 5.75. The molecule has 170 valence electrons. The van der Waals surface area contributed by atoms with Gasteiger partial charge in [-0.1, -0.05) is 19.8 Å². The Bertz CT molecular complexity index is 1340. The summed E-state index contributed by atoms with van der Waals surface area (Å²) in [6.45, 7) is 4.55. The number of hydrogen-bond acceptors (Lipinski definition) is 7. The molecule has 1 aliphatic heterocycles. The molecule has 1 saturated carbocycles. The molecule has 0 radical (unpaired) electrons. The lowest BCUT2D eigenvalue weighted by Gasteiger charge is -2.32. The van der Waals surface area contributed by atoms with Crippen LogP contribution in [0, 0.1) is 5.92 Å². The number of piperidine rings is 1. The number of rotatable bonds is 4. The van der Waals surface area contributed by atoms with Crippen molar-refractivity contribution < 1.29 is 0 Å². The molecule has 0 amide bonds. The van der Waals surface area contributed by atoms with Crippen molar-refractivity contribution in [2.75, 3.05) is 23.3 Å². The van der Waals surface area contributed by atoms with Gasteiger partial charge in [0.1, 0.15) is 11.8 Å². The maximum Gasteiger partial charge on any atom is 0.298 e. The van der Waals surface area contributed by atoms with Gasteiger partial charge >= 0.3 is 0 Å². The highest BCUT2D eigenvalue weighted by Crippen LogP contribution is 2.31. The van der Waals surface area contributed by atoms with Crippen LogP contribution in [0.4, 0.5) is 17.3 Å². The van der Waals surface area contributed by atoms with E-state index in [1.807, 2.05) is 0 Å². The van der Waals surface area contributed by atoms with E-state index in [2.05, 4.69) is 56.6 Å². The minimum atomic E-state index is -0.142. The number of nitrogens with zero attached hydrogens (tertiary/aromatic N) is 7. The van der Waals surface area contributed by atoms with E-state index in [1.54, 1.807) is 21.5 Å². The molecule has 9 heteroatoms. The van der Waals surface area contributed by atoms with Crippen molar-refractivity contribution in [1.82, 2.24) is 29.1 Å². The number of fused-ring (bicyclic) bond motifs is 3. The van der Waals surface area contributed by atoms with Crippen LogP contribution in [-0.4, -0.2) is 42.2 Å². The maximum atomic E-state index is 13.2. The summed E-state index contributed by atoms with van der Waals surface area (Å²) in [5.41, 5.74) is 3.70. The first kappa shape index (κ1) is 20.1. The summed E-state index contributed by atoms with van der Waals surface area (Å²) < 4.78 is 3.49. The molecule has 0 spiro atoms. The van der Waals surface area contributed by atoms with Gasteiger partial charge in [0, 0.05) is 30.5 Å². The molecule has 33 heavy (non-hydrogen) atoms. The molecule has 1 aromatic carbocycles. The lowest BCUT2D eigenvalue weighted by molar-refractivity contribution is 0.438. The van der Waals surface area contributed by atoms with Crippen molar-refractivity contribution in [3.8, 4) is 0 Å². The van der Waals surface area contributed by atoms with Crippen LogP contribution in [0.15, 0.2) is 41.6 Å². The second kappa shape index (κ2) is 8.13. The molecule has 3 aromatic heterocycles. The van der Waals surface area contributed by atoms with Gasteiger partial charge in [-0.2, -0.15) is 4.98 Å². The van der Waals surface area contributed by atoms with Crippen LogP contribution in [0.3, 0.4) is 0 Å². The molecule has 1 aliphatic carbocycles. The minimum Gasteiger partial charge on any atom is -0.372 e. The SMILES string of the molecule is CC1CCN(c2ccc(Nc3ncc4c(n3)n(C3CCCC3)c(=O)c3nncn34)cc2)CC1. The normalized spacial score (nSPS) is 17.9. The molecular weight excluding hydrogens is 416 g/mol. The summed E-state index contributed by atoms with van der Waals surface area (Å²) >= 11 is 0. The summed E-state index contributed by atoms with van der Waals surface area (Å²) in [5.74, 6) is 1.29. The van der Waals surface area contributed by atoms with Gasteiger partial charge in [-0.15, -0.1) is 10.2 Å². The molecule has 6 rings (SSSR count). The van der Waals surface area contributed by atoms with Gasteiger partial charge in [0.15, 0.2) is 5.65 Å². The number of aromatic nitrogens is 6.